The van der Waals surface area contributed by atoms with Crippen LogP contribution in [0.5, 0.6) is 0 Å². The Bertz CT molecular complexity index is 271. The highest BCUT2D eigenvalue weighted by Crippen LogP contribution is 2.17. The molecular weight excluding hydrogens is 162 g/mol. The van der Waals surface area contributed by atoms with E-state index in [0.29, 0.717) is 5.92 Å². The topological polar surface area (TPSA) is 22.1 Å². The average molecular weight is 179 g/mol. The van der Waals surface area contributed by atoms with E-state index in [9.17, 15) is 0 Å². The lowest BCUT2D eigenvalue weighted by molar-refractivity contribution is 0.116. The van der Waals surface area contributed by atoms with Crippen LogP contribution in [0.25, 0.3) is 0 Å². The van der Waals surface area contributed by atoms with Crippen molar-refractivity contribution >= 4 is 0 Å². The first-order valence-electron chi connectivity index (χ1n) is 4.64. The van der Waals surface area contributed by atoms with E-state index in [2.05, 4.69) is 24.9 Å². The van der Waals surface area contributed by atoms with Crippen molar-refractivity contribution < 1.29 is 4.74 Å². The van der Waals surface area contributed by atoms with Crippen LogP contribution in [0.1, 0.15) is 44.2 Å². The number of ether oxygens (including phenoxy) is 1. The minimum absolute atomic E-state index is 0.0821. The first kappa shape index (κ1) is 10.2. The van der Waals surface area contributed by atoms with E-state index in [0.717, 1.165) is 11.4 Å². The van der Waals surface area contributed by atoms with Crippen molar-refractivity contribution in [1.82, 2.24) is 4.98 Å². The summed E-state index contributed by atoms with van der Waals surface area (Å²) in [6.07, 6.45) is 0.0821. The molecule has 0 aliphatic rings. The Morgan fingerprint density at radius 1 is 1.15 bits per heavy atom. The van der Waals surface area contributed by atoms with Crippen molar-refractivity contribution in [2.24, 2.45) is 0 Å². The second-order valence-corrected chi connectivity index (χ2v) is 3.52. The molecule has 2 nitrogen and oxygen atoms in total. The lowest BCUT2D eigenvalue weighted by Crippen LogP contribution is -2.02. The number of pyridine rings is 1. The Balaban J connectivity index is 2.91. The van der Waals surface area contributed by atoms with E-state index < -0.39 is 0 Å². The van der Waals surface area contributed by atoms with E-state index >= 15 is 0 Å². The van der Waals surface area contributed by atoms with E-state index in [1.165, 1.54) is 0 Å². The fraction of sp³-hybridized carbons (Fsp3) is 0.545. The Labute approximate surface area is 80.0 Å². The Kier molecular flexibility index (Phi) is 3.43. The molecule has 1 atom stereocenters. The van der Waals surface area contributed by atoms with Gasteiger partial charge in [0, 0.05) is 12.8 Å². The van der Waals surface area contributed by atoms with Crippen LogP contribution in [0, 0.1) is 0 Å². The molecule has 0 radical (unpaired) electrons. The fourth-order valence-corrected chi connectivity index (χ4v) is 1.14. The summed E-state index contributed by atoms with van der Waals surface area (Å²) < 4.78 is 5.21. The van der Waals surface area contributed by atoms with Crippen LogP contribution in [-0.4, -0.2) is 12.1 Å². The summed E-state index contributed by atoms with van der Waals surface area (Å²) in [6.45, 7) is 6.29. The summed E-state index contributed by atoms with van der Waals surface area (Å²) in [4.78, 5) is 4.52. The fourth-order valence-electron chi connectivity index (χ4n) is 1.14. The van der Waals surface area contributed by atoms with Crippen molar-refractivity contribution in [3.05, 3.63) is 29.6 Å². The van der Waals surface area contributed by atoms with Crippen LogP contribution in [0.15, 0.2) is 18.2 Å². The van der Waals surface area contributed by atoms with Gasteiger partial charge in [0.25, 0.3) is 0 Å². The van der Waals surface area contributed by atoms with Gasteiger partial charge in [-0.15, -0.1) is 0 Å². The third kappa shape index (κ3) is 2.52. The number of methoxy groups -OCH3 is 1. The number of hydrogen-bond acceptors (Lipinski definition) is 2. The second kappa shape index (κ2) is 4.38. The van der Waals surface area contributed by atoms with Gasteiger partial charge < -0.3 is 4.74 Å². The van der Waals surface area contributed by atoms with Crippen LogP contribution < -0.4 is 0 Å². The molecule has 1 heterocycles. The minimum Gasteiger partial charge on any atom is -0.375 e. The molecule has 0 amide bonds. The Hall–Kier alpha value is -0.890. The summed E-state index contributed by atoms with van der Waals surface area (Å²) >= 11 is 0. The molecule has 1 unspecified atom stereocenters. The standard InChI is InChI=1S/C11H17NO/c1-8(2)10-6-5-7-11(12-10)9(3)13-4/h5-9H,1-4H3. The van der Waals surface area contributed by atoms with E-state index in [4.69, 9.17) is 4.74 Å². The minimum atomic E-state index is 0.0821. The number of rotatable bonds is 3. The molecule has 0 saturated heterocycles. The lowest BCUT2D eigenvalue weighted by atomic mass is 10.1. The predicted octanol–water partition coefficient (Wildman–Crippen LogP) is 2.91. The summed E-state index contributed by atoms with van der Waals surface area (Å²) in [5, 5.41) is 0. The molecule has 2 heteroatoms. The van der Waals surface area contributed by atoms with Gasteiger partial charge in [0.2, 0.25) is 0 Å². The highest BCUT2D eigenvalue weighted by atomic mass is 16.5. The highest BCUT2D eigenvalue weighted by molar-refractivity contribution is 5.15. The first-order valence-corrected chi connectivity index (χ1v) is 4.64. The van der Waals surface area contributed by atoms with Gasteiger partial charge in [-0.05, 0) is 25.0 Å². The molecule has 0 spiro atoms. The van der Waals surface area contributed by atoms with Crippen LogP contribution in [-0.2, 0) is 4.74 Å². The molecule has 0 aliphatic carbocycles. The third-order valence-corrected chi connectivity index (χ3v) is 2.15. The van der Waals surface area contributed by atoms with Crippen LogP contribution >= 0.6 is 0 Å². The zero-order valence-electron chi connectivity index (χ0n) is 8.74. The third-order valence-electron chi connectivity index (χ3n) is 2.15. The summed E-state index contributed by atoms with van der Waals surface area (Å²) in [5.41, 5.74) is 2.13. The van der Waals surface area contributed by atoms with Crippen molar-refractivity contribution in [3.63, 3.8) is 0 Å². The van der Waals surface area contributed by atoms with E-state index in [1.807, 2.05) is 19.1 Å². The van der Waals surface area contributed by atoms with E-state index in [-0.39, 0.29) is 6.10 Å². The van der Waals surface area contributed by atoms with E-state index in [1.54, 1.807) is 7.11 Å². The van der Waals surface area contributed by atoms with Crippen LogP contribution in [0.3, 0.4) is 0 Å². The van der Waals surface area contributed by atoms with Gasteiger partial charge in [0.15, 0.2) is 0 Å². The lowest BCUT2D eigenvalue weighted by Gasteiger charge is -2.11. The Morgan fingerprint density at radius 3 is 2.31 bits per heavy atom. The number of nitrogens with zero attached hydrogens (tertiary/aromatic N) is 1. The molecule has 13 heavy (non-hydrogen) atoms. The van der Waals surface area contributed by atoms with Gasteiger partial charge in [0.05, 0.1) is 11.8 Å². The van der Waals surface area contributed by atoms with Gasteiger partial charge in [0.1, 0.15) is 0 Å². The zero-order chi connectivity index (χ0) is 9.84. The normalized spacial score (nSPS) is 13.3. The van der Waals surface area contributed by atoms with Crippen molar-refractivity contribution in [2.45, 2.75) is 32.8 Å². The molecule has 0 saturated carbocycles. The monoisotopic (exact) mass is 179 g/mol. The maximum absolute atomic E-state index is 5.21. The smallest absolute Gasteiger partial charge is 0.0962 e. The largest absolute Gasteiger partial charge is 0.375 e. The van der Waals surface area contributed by atoms with Crippen LogP contribution in [0.4, 0.5) is 0 Å². The van der Waals surface area contributed by atoms with Gasteiger partial charge in [-0.1, -0.05) is 19.9 Å². The molecule has 1 aromatic rings. The number of aromatic nitrogens is 1. The van der Waals surface area contributed by atoms with Gasteiger partial charge in [-0.25, -0.2) is 0 Å². The molecule has 1 rings (SSSR count). The zero-order valence-corrected chi connectivity index (χ0v) is 8.74. The van der Waals surface area contributed by atoms with Crippen LogP contribution in [0.2, 0.25) is 0 Å². The van der Waals surface area contributed by atoms with Crippen molar-refractivity contribution in [2.75, 3.05) is 7.11 Å². The summed E-state index contributed by atoms with van der Waals surface area (Å²) in [6, 6.07) is 6.09. The molecule has 0 aliphatic heterocycles. The average Bonchev–Trinajstić information content (AvgIpc) is 2.17. The maximum Gasteiger partial charge on any atom is 0.0962 e. The highest BCUT2D eigenvalue weighted by Gasteiger charge is 2.07. The molecular formula is C11H17NO. The first-order chi connectivity index (χ1) is 6.15. The Morgan fingerprint density at radius 2 is 1.77 bits per heavy atom. The van der Waals surface area contributed by atoms with Crippen molar-refractivity contribution in [3.8, 4) is 0 Å². The summed E-state index contributed by atoms with van der Waals surface area (Å²) in [7, 11) is 1.70. The molecule has 0 aromatic carbocycles. The molecule has 0 N–H and O–H groups in total. The van der Waals surface area contributed by atoms with Gasteiger partial charge in [-0.3, -0.25) is 4.98 Å². The van der Waals surface area contributed by atoms with Gasteiger partial charge >= 0.3 is 0 Å². The maximum atomic E-state index is 5.21. The van der Waals surface area contributed by atoms with Crippen molar-refractivity contribution in [1.29, 1.82) is 0 Å². The number of hydrogen-bond donors (Lipinski definition) is 0. The molecule has 0 fully saturated rings. The molecule has 0 bridgehead atoms. The second-order valence-electron chi connectivity index (χ2n) is 3.52. The quantitative estimate of drug-likeness (QED) is 0.711. The molecule has 72 valence electrons. The SMILES string of the molecule is COC(C)c1cccc(C(C)C)n1. The summed E-state index contributed by atoms with van der Waals surface area (Å²) in [5.74, 6) is 0.476. The van der Waals surface area contributed by atoms with Gasteiger partial charge in [-0.2, -0.15) is 0 Å². The molecule has 1 aromatic heterocycles. The predicted molar refractivity (Wildman–Crippen MR) is 53.8 cm³/mol.